The topological polar surface area (TPSA) is 0 Å². The number of benzene rings is 7. The molecule has 1 aliphatic rings. The molecule has 0 amide bonds. The van der Waals surface area contributed by atoms with Gasteiger partial charge in [-0.2, -0.15) is 0 Å². The van der Waals surface area contributed by atoms with E-state index in [1.165, 1.54) is 65.0 Å². The first-order valence-electron chi connectivity index (χ1n) is 11.6. The molecule has 0 atom stereocenters. The summed E-state index contributed by atoms with van der Waals surface area (Å²) in [4.78, 5) is 0. The van der Waals surface area contributed by atoms with Crippen LogP contribution in [0.15, 0.2) is 115 Å². The summed E-state index contributed by atoms with van der Waals surface area (Å²) in [5.74, 6) is 0. The molecule has 7 aromatic carbocycles. The highest BCUT2D eigenvalue weighted by Gasteiger charge is 2.11. The molecular weight excluding hydrogens is 396 g/mol. The molecule has 0 N–H and O–H groups in total. The third-order valence-electron chi connectivity index (χ3n) is 7.05. The molecular formula is C33H22. The van der Waals surface area contributed by atoms with E-state index in [-0.39, 0.29) is 0 Å². The Bertz CT molecular complexity index is 1660. The Morgan fingerprint density at radius 1 is 0.394 bits per heavy atom. The van der Waals surface area contributed by atoms with Crippen LogP contribution in [-0.2, 0) is 6.42 Å². The van der Waals surface area contributed by atoms with Gasteiger partial charge in [-0.25, -0.2) is 0 Å². The van der Waals surface area contributed by atoms with Gasteiger partial charge in [0.25, 0.3) is 0 Å². The average Bonchev–Trinajstić information content (AvgIpc) is 2.88. The van der Waals surface area contributed by atoms with E-state index in [9.17, 15) is 0 Å². The largest absolute Gasteiger partial charge is 0.0795 e. The van der Waals surface area contributed by atoms with Gasteiger partial charge < -0.3 is 0 Å². The minimum atomic E-state index is 1.08. The Kier molecular flexibility index (Phi) is 4.01. The maximum atomic E-state index is 2.25. The zero-order valence-corrected chi connectivity index (χ0v) is 18.3. The average molecular weight is 419 g/mol. The standard InChI is InChI=1S/C20H12.C13H10/c1-5-13-6-2-11-17-18-12-4-8-14-7-3-10-16(20(14)18)15(9-1)19(13)17;1-4-10-6-2-8-12-9-3-7-11(5-1)13(10)12/h1-12H;1-8H,9H2. The summed E-state index contributed by atoms with van der Waals surface area (Å²) in [6, 6.07) is 39.5. The second kappa shape index (κ2) is 7.18. The molecule has 0 saturated heterocycles. The lowest BCUT2D eigenvalue weighted by atomic mass is 9.90. The van der Waals surface area contributed by atoms with Crippen molar-refractivity contribution in [1.82, 2.24) is 0 Å². The van der Waals surface area contributed by atoms with Crippen molar-refractivity contribution < 1.29 is 0 Å². The van der Waals surface area contributed by atoms with E-state index < -0.39 is 0 Å². The van der Waals surface area contributed by atoms with Crippen LogP contribution in [0, 0.1) is 0 Å². The normalized spacial score (nSPS) is 12.6. The molecule has 0 nitrogen and oxygen atoms in total. The predicted octanol–water partition coefficient (Wildman–Crippen LogP) is 9.15. The molecule has 0 heteroatoms. The Balaban J connectivity index is 0.000000127. The molecule has 0 fully saturated rings. The van der Waals surface area contributed by atoms with E-state index >= 15 is 0 Å². The van der Waals surface area contributed by atoms with Crippen molar-refractivity contribution in [3.63, 3.8) is 0 Å². The van der Waals surface area contributed by atoms with Crippen LogP contribution in [0.5, 0.6) is 0 Å². The van der Waals surface area contributed by atoms with Crippen LogP contribution < -0.4 is 0 Å². The van der Waals surface area contributed by atoms with Gasteiger partial charge in [-0.15, -0.1) is 0 Å². The summed E-state index contributed by atoms with van der Waals surface area (Å²) >= 11 is 0. The molecule has 33 heavy (non-hydrogen) atoms. The van der Waals surface area contributed by atoms with Crippen LogP contribution in [-0.4, -0.2) is 0 Å². The number of allylic oxidation sites excluding steroid dienone is 1. The smallest absolute Gasteiger partial charge is 0.00264 e. The van der Waals surface area contributed by atoms with E-state index in [4.69, 9.17) is 0 Å². The maximum Gasteiger partial charge on any atom is -0.00264 e. The Morgan fingerprint density at radius 2 is 0.818 bits per heavy atom. The van der Waals surface area contributed by atoms with E-state index in [0.717, 1.165) is 6.42 Å². The summed E-state index contributed by atoms with van der Waals surface area (Å²) in [6.07, 6.45) is 5.53. The SMILES string of the molecule is C1=Cc2cccc3cccc(c23)C1.c1cc2cccc3c4cccc5cccc(c(c1)c23)c54. The molecule has 7 aromatic rings. The third-order valence-corrected chi connectivity index (χ3v) is 7.05. The van der Waals surface area contributed by atoms with Crippen molar-refractivity contribution in [2.75, 3.05) is 0 Å². The molecule has 8 rings (SSSR count). The molecule has 0 heterocycles. The summed E-state index contributed by atoms with van der Waals surface area (Å²) in [5, 5.41) is 13.7. The first-order valence-corrected chi connectivity index (χ1v) is 11.6. The number of hydrogen-bond acceptors (Lipinski definition) is 0. The van der Waals surface area contributed by atoms with Gasteiger partial charge in [0.05, 0.1) is 0 Å². The van der Waals surface area contributed by atoms with Crippen molar-refractivity contribution in [3.05, 3.63) is 126 Å². The van der Waals surface area contributed by atoms with Crippen LogP contribution in [0.25, 0.3) is 59.9 Å². The Labute approximate surface area is 192 Å². The van der Waals surface area contributed by atoms with E-state index in [1.54, 1.807) is 0 Å². The van der Waals surface area contributed by atoms with Gasteiger partial charge in [0.15, 0.2) is 0 Å². The molecule has 1 aliphatic carbocycles. The van der Waals surface area contributed by atoms with Crippen molar-refractivity contribution in [2.24, 2.45) is 0 Å². The molecule has 0 saturated carbocycles. The predicted molar refractivity (Wildman–Crippen MR) is 144 cm³/mol. The highest BCUT2D eigenvalue weighted by atomic mass is 14.1. The van der Waals surface area contributed by atoms with E-state index in [0.29, 0.717) is 0 Å². The van der Waals surface area contributed by atoms with Gasteiger partial charge >= 0.3 is 0 Å². The van der Waals surface area contributed by atoms with Crippen LogP contribution >= 0.6 is 0 Å². The minimum Gasteiger partial charge on any atom is -0.0795 e. The summed E-state index contributed by atoms with van der Waals surface area (Å²) in [5.41, 5.74) is 2.81. The zero-order valence-electron chi connectivity index (χ0n) is 18.3. The van der Waals surface area contributed by atoms with Gasteiger partial charge in [-0.1, -0.05) is 121 Å². The van der Waals surface area contributed by atoms with Crippen LogP contribution in [0.1, 0.15) is 11.1 Å². The van der Waals surface area contributed by atoms with Gasteiger partial charge in [0.1, 0.15) is 0 Å². The highest BCUT2D eigenvalue weighted by Crippen LogP contribution is 2.39. The monoisotopic (exact) mass is 418 g/mol. The zero-order chi connectivity index (χ0) is 21.8. The molecule has 0 spiro atoms. The number of fused-ring (bicyclic) bond motifs is 2. The van der Waals surface area contributed by atoms with Crippen molar-refractivity contribution >= 4 is 59.9 Å². The summed E-state index contributed by atoms with van der Waals surface area (Å²) in [6.45, 7) is 0. The second-order valence-corrected chi connectivity index (χ2v) is 8.89. The molecule has 0 aromatic heterocycles. The first kappa shape index (κ1) is 18.4. The fourth-order valence-corrected chi connectivity index (χ4v) is 5.65. The molecule has 0 bridgehead atoms. The number of rotatable bonds is 0. The van der Waals surface area contributed by atoms with Crippen LogP contribution in [0.3, 0.4) is 0 Å². The van der Waals surface area contributed by atoms with Gasteiger partial charge in [-0.3, -0.25) is 0 Å². The van der Waals surface area contributed by atoms with Crippen molar-refractivity contribution in [2.45, 2.75) is 6.42 Å². The quantitative estimate of drug-likeness (QED) is 0.170. The van der Waals surface area contributed by atoms with Crippen molar-refractivity contribution in [1.29, 1.82) is 0 Å². The number of hydrogen-bond donors (Lipinski definition) is 0. The highest BCUT2D eigenvalue weighted by molar-refractivity contribution is 6.32. The Hall–Kier alpha value is -4.16. The third kappa shape index (κ3) is 2.78. The lowest BCUT2D eigenvalue weighted by Gasteiger charge is -2.13. The minimum absolute atomic E-state index is 1.08. The van der Waals surface area contributed by atoms with E-state index in [2.05, 4.69) is 121 Å². The van der Waals surface area contributed by atoms with Crippen molar-refractivity contribution in [3.8, 4) is 0 Å². The molecule has 0 aliphatic heterocycles. The maximum absolute atomic E-state index is 2.25. The molecule has 0 radical (unpaired) electrons. The molecule has 154 valence electrons. The Morgan fingerprint density at radius 3 is 1.33 bits per heavy atom. The van der Waals surface area contributed by atoms with E-state index in [1.807, 2.05) is 0 Å². The fraction of sp³-hybridized carbons (Fsp3) is 0.0303. The molecule has 0 unspecified atom stereocenters. The van der Waals surface area contributed by atoms with Gasteiger partial charge in [-0.05, 0) is 71.4 Å². The lowest BCUT2D eigenvalue weighted by Crippen LogP contribution is -1.91. The van der Waals surface area contributed by atoms with Gasteiger partial charge in [0.2, 0.25) is 0 Å². The fourth-order valence-electron chi connectivity index (χ4n) is 5.65. The first-order chi connectivity index (χ1) is 16.4. The lowest BCUT2D eigenvalue weighted by molar-refractivity contribution is 1.29. The van der Waals surface area contributed by atoms with Crippen LogP contribution in [0.2, 0.25) is 0 Å². The van der Waals surface area contributed by atoms with Crippen LogP contribution in [0.4, 0.5) is 0 Å². The van der Waals surface area contributed by atoms with Gasteiger partial charge in [0, 0.05) is 0 Å². The summed E-state index contributed by atoms with van der Waals surface area (Å²) < 4.78 is 0. The second-order valence-electron chi connectivity index (χ2n) is 8.89. The summed E-state index contributed by atoms with van der Waals surface area (Å²) in [7, 11) is 0.